The number of hydrogen-bond acceptors (Lipinski definition) is 4. The van der Waals surface area contributed by atoms with Gasteiger partial charge in [-0.3, -0.25) is 5.84 Å². The van der Waals surface area contributed by atoms with Crippen LogP contribution in [0.5, 0.6) is 11.5 Å². The maximum atomic E-state index is 13.9. The van der Waals surface area contributed by atoms with Gasteiger partial charge in [0.1, 0.15) is 5.75 Å². The molecule has 0 aliphatic heterocycles. The third-order valence-electron chi connectivity index (χ3n) is 3.19. The molecule has 3 N–H and O–H groups in total. The summed E-state index contributed by atoms with van der Waals surface area (Å²) in [6, 6.07) is 9.89. The first-order valence-electron chi connectivity index (χ1n) is 6.23. The number of halogens is 2. The van der Waals surface area contributed by atoms with Gasteiger partial charge >= 0.3 is 0 Å². The molecule has 21 heavy (non-hydrogen) atoms. The van der Waals surface area contributed by atoms with Gasteiger partial charge in [0, 0.05) is 4.47 Å². The maximum Gasteiger partial charge on any atom is 0.165 e. The lowest BCUT2D eigenvalue weighted by atomic mass is 9.99. The fourth-order valence-electron chi connectivity index (χ4n) is 2.10. The lowest BCUT2D eigenvalue weighted by molar-refractivity contribution is 0.385. The Hall–Kier alpha value is -1.63. The average molecular weight is 355 g/mol. The number of ether oxygens (including phenoxy) is 2. The van der Waals surface area contributed by atoms with Crippen molar-refractivity contribution in [2.24, 2.45) is 5.84 Å². The predicted octanol–water partition coefficient (Wildman–Crippen LogP) is 3.16. The second kappa shape index (κ2) is 6.89. The van der Waals surface area contributed by atoms with Gasteiger partial charge in [0.15, 0.2) is 11.6 Å². The molecule has 0 bridgehead atoms. The summed E-state index contributed by atoms with van der Waals surface area (Å²) in [6.07, 6.45) is 0. The molecule has 6 heteroatoms. The number of rotatable bonds is 5. The number of hydrogen-bond donors (Lipinski definition) is 2. The van der Waals surface area contributed by atoms with E-state index in [0.717, 1.165) is 10.0 Å². The fraction of sp³-hybridized carbons (Fsp3) is 0.200. The van der Waals surface area contributed by atoms with Gasteiger partial charge in [0.05, 0.1) is 20.3 Å². The predicted molar refractivity (Wildman–Crippen MR) is 82.8 cm³/mol. The van der Waals surface area contributed by atoms with Gasteiger partial charge < -0.3 is 9.47 Å². The SMILES string of the molecule is COc1ccc(Br)c(C(NN)c2ccc(OC)c(F)c2)c1. The van der Waals surface area contributed by atoms with Crippen molar-refractivity contribution in [3.8, 4) is 11.5 Å². The van der Waals surface area contributed by atoms with E-state index in [9.17, 15) is 4.39 Å². The van der Waals surface area contributed by atoms with Gasteiger partial charge in [0.2, 0.25) is 0 Å². The Morgan fingerprint density at radius 2 is 1.90 bits per heavy atom. The molecule has 0 aliphatic rings. The molecule has 0 amide bonds. The van der Waals surface area contributed by atoms with Gasteiger partial charge in [-0.1, -0.05) is 22.0 Å². The average Bonchev–Trinajstić information content (AvgIpc) is 2.50. The van der Waals surface area contributed by atoms with E-state index in [0.29, 0.717) is 11.3 Å². The summed E-state index contributed by atoms with van der Waals surface area (Å²) in [5.41, 5.74) is 4.23. The van der Waals surface area contributed by atoms with Gasteiger partial charge in [-0.25, -0.2) is 9.82 Å². The Bertz CT molecular complexity index is 637. The van der Waals surface area contributed by atoms with Gasteiger partial charge in [-0.15, -0.1) is 0 Å². The second-order valence-corrected chi connectivity index (χ2v) is 5.24. The Kier molecular flexibility index (Phi) is 5.17. The third-order valence-corrected chi connectivity index (χ3v) is 3.91. The molecule has 1 unspecified atom stereocenters. The molecule has 112 valence electrons. The molecule has 4 nitrogen and oxygen atoms in total. The van der Waals surface area contributed by atoms with E-state index in [-0.39, 0.29) is 11.8 Å². The number of nitrogens with two attached hydrogens (primary N) is 1. The lowest BCUT2D eigenvalue weighted by Crippen LogP contribution is -2.29. The number of hydrazine groups is 1. The van der Waals surface area contributed by atoms with E-state index < -0.39 is 5.82 Å². The van der Waals surface area contributed by atoms with Gasteiger partial charge in [-0.05, 0) is 41.5 Å². The zero-order valence-electron chi connectivity index (χ0n) is 11.7. The summed E-state index contributed by atoms with van der Waals surface area (Å²) >= 11 is 3.48. The zero-order valence-corrected chi connectivity index (χ0v) is 13.3. The van der Waals surface area contributed by atoms with Crippen LogP contribution in [0.1, 0.15) is 17.2 Å². The Balaban J connectivity index is 2.46. The first-order valence-corrected chi connectivity index (χ1v) is 7.03. The van der Waals surface area contributed by atoms with Crippen molar-refractivity contribution >= 4 is 15.9 Å². The fourth-order valence-corrected chi connectivity index (χ4v) is 2.57. The molecule has 2 aromatic carbocycles. The first-order chi connectivity index (χ1) is 10.1. The van der Waals surface area contributed by atoms with Crippen molar-refractivity contribution < 1.29 is 13.9 Å². The summed E-state index contributed by atoms with van der Waals surface area (Å²) < 4.78 is 24.9. The van der Waals surface area contributed by atoms with Crippen LogP contribution in [-0.2, 0) is 0 Å². The smallest absolute Gasteiger partial charge is 0.165 e. The van der Waals surface area contributed by atoms with Crippen LogP contribution in [0.15, 0.2) is 40.9 Å². The highest BCUT2D eigenvalue weighted by Crippen LogP contribution is 2.32. The molecular weight excluding hydrogens is 339 g/mol. The van der Waals surface area contributed by atoms with Crippen LogP contribution in [0, 0.1) is 5.82 Å². The molecular formula is C15H16BrFN2O2. The van der Waals surface area contributed by atoms with Crippen LogP contribution in [-0.4, -0.2) is 14.2 Å². The van der Waals surface area contributed by atoms with Crippen molar-refractivity contribution in [3.63, 3.8) is 0 Å². The van der Waals surface area contributed by atoms with E-state index in [2.05, 4.69) is 21.4 Å². The van der Waals surface area contributed by atoms with Gasteiger partial charge in [0.25, 0.3) is 0 Å². The zero-order chi connectivity index (χ0) is 15.4. The van der Waals surface area contributed by atoms with E-state index >= 15 is 0 Å². The van der Waals surface area contributed by atoms with Crippen molar-refractivity contribution in [3.05, 3.63) is 57.8 Å². The molecule has 0 heterocycles. The standard InChI is InChI=1S/C15H16BrFN2O2/c1-20-10-4-5-12(16)11(8-10)15(19-18)9-3-6-14(21-2)13(17)7-9/h3-8,15,19H,18H2,1-2H3. The molecule has 0 aromatic heterocycles. The minimum absolute atomic E-state index is 0.194. The summed E-state index contributed by atoms with van der Waals surface area (Å²) in [5, 5.41) is 0. The number of benzene rings is 2. The normalized spacial score (nSPS) is 12.0. The molecule has 0 saturated heterocycles. The highest BCUT2D eigenvalue weighted by molar-refractivity contribution is 9.10. The summed E-state index contributed by atoms with van der Waals surface area (Å²) in [4.78, 5) is 0. The minimum Gasteiger partial charge on any atom is -0.497 e. The Morgan fingerprint density at radius 1 is 1.14 bits per heavy atom. The van der Waals surface area contributed by atoms with Crippen molar-refractivity contribution in [2.45, 2.75) is 6.04 Å². The summed E-state index contributed by atoms with van der Waals surface area (Å²) in [6.45, 7) is 0. The number of methoxy groups -OCH3 is 2. The van der Waals surface area contributed by atoms with Gasteiger partial charge in [-0.2, -0.15) is 0 Å². The highest BCUT2D eigenvalue weighted by atomic mass is 79.9. The van der Waals surface area contributed by atoms with Crippen LogP contribution in [0.4, 0.5) is 4.39 Å². The highest BCUT2D eigenvalue weighted by Gasteiger charge is 2.18. The van der Waals surface area contributed by atoms with Crippen LogP contribution < -0.4 is 20.7 Å². The molecule has 0 radical (unpaired) electrons. The van der Waals surface area contributed by atoms with Crippen LogP contribution in [0.2, 0.25) is 0 Å². The first kappa shape index (κ1) is 15.8. The molecule has 1 atom stereocenters. The molecule has 2 rings (SSSR count). The minimum atomic E-state index is -0.436. The van der Waals surface area contributed by atoms with Crippen LogP contribution in [0.3, 0.4) is 0 Å². The Morgan fingerprint density at radius 3 is 2.48 bits per heavy atom. The Labute approximate surface area is 131 Å². The van der Waals surface area contributed by atoms with E-state index in [1.165, 1.54) is 13.2 Å². The summed E-state index contributed by atoms with van der Waals surface area (Å²) in [5.74, 6) is 6.11. The summed E-state index contributed by atoms with van der Waals surface area (Å²) in [7, 11) is 3.01. The molecule has 0 fully saturated rings. The lowest BCUT2D eigenvalue weighted by Gasteiger charge is -2.19. The number of nitrogens with one attached hydrogen (secondary N) is 1. The van der Waals surface area contributed by atoms with E-state index in [1.807, 2.05) is 18.2 Å². The molecule has 0 saturated carbocycles. The van der Waals surface area contributed by atoms with E-state index in [4.69, 9.17) is 15.3 Å². The van der Waals surface area contributed by atoms with Crippen LogP contribution in [0.25, 0.3) is 0 Å². The molecule has 0 spiro atoms. The molecule has 0 aliphatic carbocycles. The largest absolute Gasteiger partial charge is 0.497 e. The monoisotopic (exact) mass is 354 g/mol. The maximum absolute atomic E-state index is 13.9. The quantitative estimate of drug-likeness (QED) is 0.639. The topological polar surface area (TPSA) is 56.5 Å². The second-order valence-electron chi connectivity index (χ2n) is 4.38. The van der Waals surface area contributed by atoms with Crippen molar-refractivity contribution in [1.29, 1.82) is 0 Å². The van der Waals surface area contributed by atoms with Crippen molar-refractivity contribution in [2.75, 3.05) is 14.2 Å². The third kappa shape index (κ3) is 3.34. The van der Waals surface area contributed by atoms with Crippen molar-refractivity contribution in [1.82, 2.24) is 5.43 Å². The van der Waals surface area contributed by atoms with Crippen LogP contribution >= 0.6 is 15.9 Å². The molecule has 2 aromatic rings. The van der Waals surface area contributed by atoms with E-state index in [1.54, 1.807) is 19.2 Å².